The number of rotatable bonds is 1. The number of hydrogen-bond acceptors (Lipinski definition) is 2. The van der Waals surface area contributed by atoms with Gasteiger partial charge in [-0.1, -0.05) is 27.4 Å². The zero-order chi connectivity index (χ0) is 7.49. The first-order valence-corrected chi connectivity index (χ1v) is 3.16. The predicted molar refractivity (Wildman–Crippen MR) is 43.6 cm³/mol. The highest BCUT2D eigenvalue weighted by atomic mass is 32.1. The number of thiocarbonyl (C=S) groups is 1. The number of aliphatic imine (C=N–C) groups is 1. The van der Waals surface area contributed by atoms with E-state index in [2.05, 4.69) is 29.0 Å². The van der Waals surface area contributed by atoms with Crippen LogP contribution in [0.1, 0.15) is 20.8 Å². The molecule has 0 saturated heterocycles. The van der Waals surface area contributed by atoms with Crippen molar-refractivity contribution in [3.05, 3.63) is 12.3 Å². The number of isothiocyanates is 1. The monoisotopic (exact) mass is 141 g/mol. The van der Waals surface area contributed by atoms with Crippen molar-refractivity contribution in [3.63, 3.8) is 0 Å². The maximum Gasteiger partial charge on any atom is 0.0637 e. The maximum absolute atomic E-state index is 4.42. The molecule has 0 bridgehead atoms. The Labute approximate surface area is 61.5 Å². The largest absolute Gasteiger partial charge is 0.199 e. The van der Waals surface area contributed by atoms with Crippen LogP contribution in [0, 0.1) is 5.41 Å². The van der Waals surface area contributed by atoms with E-state index in [-0.39, 0.29) is 5.41 Å². The van der Waals surface area contributed by atoms with Gasteiger partial charge in [0.1, 0.15) is 0 Å². The molecule has 0 aliphatic carbocycles. The number of hydrogen-bond donors (Lipinski definition) is 0. The molecule has 0 aliphatic rings. The van der Waals surface area contributed by atoms with E-state index in [0.717, 1.165) is 5.70 Å². The molecule has 0 unspecified atom stereocenters. The van der Waals surface area contributed by atoms with Crippen LogP contribution in [-0.2, 0) is 0 Å². The summed E-state index contributed by atoms with van der Waals surface area (Å²) in [6, 6.07) is 0. The Bertz CT molecular complexity index is 158. The summed E-state index contributed by atoms with van der Waals surface area (Å²) in [6.45, 7) is 9.82. The highest BCUT2D eigenvalue weighted by Gasteiger charge is 2.12. The van der Waals surface area contributed by atoms with Crippen molar-refractivity contribution < 1.29 is 0 Å². The molecule has 0 aromatic heterocycles. The van der Waals surface area contributed by atoms with Crippen LogP contribution >= 0.6 is 12.2 Å². The molecule has 1 nitrogen and oxygen atoms in total. The molecule has 0 aromatic rings. The van der Waals surface area contributed by atoms with Crippen LogP contribution < -0.4 is 0 Å². The van der Waals surface area contributed by atoms with Crippen LogP contribution in [-0.4, -0.2) is 5.16 Å². The Kier molecular flexibility index (Phi) is 2.75. The highest BCUT2D eigenvalue weighted by molar-refractivity contribution is 7.78. The van der Waals surface area contributed by atoms with Gasteiger partial charge in [0.15, 0.2) is 0 Å². The van der Waals surface area contributed by atoms with Gasteiger partial charge in [0.2, 0.25) is 0 Å². The predicted octanol–water partition coefficient (Wildman–Crippen LogP) is 2.65. The third kappa shape index (κ3) is 3.17. The van der Waals surface area contributed by atoms with Crippen molar-refractivity contribution in [1.82, 2.24) is 0 Å². The molecule has 0 rings (SSSR count). The molecule has 2 heteroatoms. The van der Waals surface area contributed by atoms with Crippen LogP contribution in [0.25, 0.3) is 0 Å². The minimum absolute atomic E-state index is 0.0197. The fraction of sp³-hybridized carbons (Fsp3) is 0.571. The maximum atomic E-state index is 4.42. The van der Waals surface area contributed by atoms with Crippen molar-refractivity contribution >= 4 is 17.4 Å². The van der Waals surface area contributed by atoms with E-state index in [1.54, 1.807) is 0 Å². The van der Waals surface area contributed by atoms with Gasteiger partial charge in [0, 0.05) is 11.1 Å². The molecule has 0 fully saturated rings. The minimum atomic E-state index is 0.0197. The Morgan fingerprint density at radius 1 is 1.56 bits per heavy atom. The van der Waals surface area contributed by atoms with Crippen molar-refractivity contribution in [3.8, 4) is 0 Å². The average Bonchev–Trinajstić information content (AvgIpc) is 1.64. The minimum Gasteiger partial charge on any atom is -0.199 e. The summed E-state index contributed by atoms with van der Waals surface area (Å²) in [5.74, 6) is 0. The lowest BCUT2D eigenvalue weighted by Gasteiger charge is -2.15. The van der Waals surface area contributed by atoms with E-state index in [0.29, 0.717) is 0 Å². The average molecular weight is 141 g/mol. The number of nitrogens with zero attached hydrogens (tertiary/aromatic N) is 1. The normalized spacial score (nSPS) is 10.1. The Hall–Kier alpha value is -0.460. The van der Waals surface area contributed by atoms with Gasteiger partial charge in [0.25, 0.3) is 0 Å². The van der Waals surface area contributed by atoms with Crippen molar-refractivity contribution in [2.45, 2.75) is 20.8 Å². The van der Waals surface area contributed by atoms with Gasteiger partial charge in [0.05, 0.1) is 5.16 Å². The molecule has 0 heterocycles. The van der Waals surface area contributed by atoms with Gasteiger partial charge < -0.3 is 0 Å². The van der Waals surface area contributed by atoms with E-state index in [1.165, 1.54) is 0 Å². The quantitative estimate of drug-likeness (QED) is 0.404. The Morgan fingerprint density at radius 2 is 2.00 bits per heavy atom. The first-order chi connectivity index (χ1) is 3.98. The van der Waals surface area contributed by atoms with Gasteiger partial charge in [-0.05, 0) is 12.2 Å². The molecule has 0 aromatic carbocycles. The van der Waals surface area contributed by atoms with Crippen molar-refractivity contribution in [2.24, 2.45) is 10.4 Å². The van der Waals surface area contributed by atoms with E-state index >= 15 is 0 Å². The Balaban J connectivity index is 4.22. The lowest BCUT2D eigenvalue weighted by molar-refractivity contribution is 0.501. The second kappa shape index (κ2) is 2.90. The van der Waals surface area contributed by atoms with Crippen molar-refractivity contribution in [2.75, 3.05) is 0 Å². The van der Waals surface area contributed by atoms with Gasteiger partial charge in [-0.3, -0.25) is 0 Å². The molecule has 0 spiro atoms. The first-order valence-electron chi connectivity index (χ1n) is 2.75. The fourth-order valence-corrected chi connectivity index (χ4v) is 0.333. The van der Waals surface area contributed by atoms with E-state index in [9.17, 15) is 0 Å². The van der Waals surface area contributed by atoms with Crippen LogP contribution in [0.15, 0.2) is 17.3 Å². The second-order valence-electron chi connectivity index (χ2n) is 2.90. The summed E-state index contributed by atoms with van der Waals surface area (Å²) in [7, 11) is 0. The summed E-state index contributed by atoms with van der Waals surface area (Å²) >= 11 is 4.42. The second-order valence-corrected chi connectivity index (χ2v) is 3.08. The number of allylic oxidation sites excluding steroid dienone is 1. The summed E-state index contributed by atoms with van der Waals surface area (Å²) in [5.41, 5.74) is 0.795. The molecule has 9 heavy (non-hydrogen) atoms. The summed E-state index contributed by atoms with van der Waals surface area (Å²) in [4.78, 5) is 3.77. The zero-order valence-electron chi connectivity index (χ0n) is 6.06. The smallest absolute Gasteiger partial charge is 0.0637 e. The Morgan fingerprint density at radius 3 is 2.11 bits per heavy atom. The molecule has 0 N–H and O–H groups in total. The third-order valence-corrected chi connectivity index (χ3v) is 1.14. The molecule has 0 radical (unpaired) electrons. The van der Waals surface area contributed by atoms with E-state index in [4.69, 9.17) is 0 Å². The highest BCUT2D eigenvalue weighted by Crippen LogP contribution is 2.23. The molecule has 0 aliphatic heterocycles. The summed E-state index contributed by atoms with van der Waals surface area (Å²) < 4.78 is 0. The standard InChI is InChI=1S/C7H11NS/c1-6(8-5-9)7(2,3)4/h1H2,2-4H3. The lowest BCUT2D eigenvalue weighted by atomic mass is 9.93. The lowest BCUT2D eigenvalue weighted by Crippen LogP contribution is -2.05. The molecular weight excluding hydrogens is 130 g/mol. The zero-order valence-corrected chi connectivity index (χ0v) is 6.88. The fourth-order valence-electron chi connectivity index (χ4n) is 0.223. The first kappa shape index (κ1) is 8.54. The third-order valence-electron chi connectivity index (χ3n) is 1.05. The van der Waals surface area contributed by atoms with E-state index in [1.807, 2.05) is 20.8 Å². The molecule has 0 atom stereocenters. The summed E-state index contributed by atoms with van der Waals surface area (Å²) in [6.07, 6.45) is 0. The molecule has 0 amide bonds. The van der Waals surface area contributed by atoms with Crippen LogP contribution in [0.4, 0.5) is 0 Å². The van der Waals surface area contributed by atoms with Crippen LogP contribution in [0.5, 0.6) is 0 Å². The van der Waals surface area contributed by atoms with Crippen molar-refractivity contribution in [1.29, 1.82) is 0 Å². The molecule has 0 saturated carbocycles. The topological polar surface area (TPSA) is 12.4 Å². The van der Waals surface area contributed by atoms with Crippen LogP contribution in [0.2, 0.25) is 0 Å². The molecular formula is C7H11NS. The SMILES string of the molecule is C=C(N=C=S)C(C)(C)C. The van der Waals surface area contributed by atoms with Gasteiger partial charge in [-0.2, -0.15) is 4.99 Å². The van der Waals surface area contributed by atoms with Gasteiger partial charge >= 0.3 is 0 Å². The summed E-state index contributed by atoms with van der Waals surface area (Å²) in [5, 5.41) is 2.28. The van der Waals surface area contributed by atoms with Gasteiger partial charge in [-0.15, -0.1) is 0 Å². The molecule has 50 valence electrons. The van der Waals surface area contributed by atoms with E-state index < -0.39 is 0 Å². The van der Waals surface area contributed by atoms with Gasteiger partial charge in [-0.25, -0.2) is 0 Å². The van der Waals surface area contributed by atoms with Crippen LogP contribution in [0.3, 0.4) is 0 Å².